The molecule has 2 atom stereocenters. The number of anilines is 2. The number of nitrogens with zero attached hydrogens (tertiary/aromatic N) is 3. The Labute approximate surface area is 264 Å². The summed E-state index contributed by atoms with van der Waals surface area (Å²) in [4.78, 5) is 7.96. The summed E-state index contributed by atoms with van der Waals surface area (Å²) < 4.78 is 5.04. The number of rotatable bonds is 3. The quantitative estimate of drug-likeness (QED) is 0.203. The second-order valence-electron chi connectivity index (χ2n) is 11.9. The van der Waals surface area contributed by atoms with Crippen molar-refractivity contribution in [3.63, 3.8) is 0 Å². The molecule has 0 saturated heterocycles. The summed E-state index contributed by atoms with van der Waals surface area (Å²) in [6, 6.07) is 46.2. The van der Waals surface area contributed by atoms with Gasteiger partial charge in [-0.3, -0.25) is 0 Å². The van der Waals surface area contributed by atoms with Crippen LogP contribution in [0.15, 0.2) is 152 Å². The minimum atomic E-state index is 0.140. The van der Waals surface area contributed by atoms with Gasteiger partial charge in [-0.2, -0.15) is 0 Å². The average molecular weight is 594 g/mol. The van der Waals surface area contributed by atoms with Gasteiger partial charge in [-0.15, -0.1) is 11.3 Å². The van der Waals surface area contributed by atoms with Gasteiger partial charge in [0.05, 0.1) is 28.5 Å². The number of benzene rings is 5. The molecule has 5 aromatic carbocycles. The van der Waals surface area contributed by atoms with E-state index in [4.69, 9.17) is 4.98 Å². The van der Waals surface area contributed by atoms with Gasteiger partial charge >= 0.3 is 0 Å². The molecule has 0 N–H and O–H groups in total. The van der Waals surface area contributed by atoms with Gasteiger partial charge in [0, 0.05) is 48.1 Å². The minimum Gasteiger partial charge on any atom is -0.316 e. The molecule has 4 heteroatoms. The summed E-state index contributed by atoms with van der Waals surface area (Å²) in [5.41, 5.74) is 8.37. The molecule has 0 saturated carbocycles. The van der Waals surface area contributed by atoms with Crippen LogP contribution in [0.25, 0.3) is 58.9 Å². The van der Waals surface area contributed by atoms with E-state index in [1.54, 1.807) is 0 Å². The SMILES string of the molecule is C1=CC2c3ccc4c5ccccc5n(-c5ccccc5)c4c3N(c3cccc(-c4cccc5c4sc4ccccc45)n3)C2C=C1. The van der Waals surface area contributed by atoms with Crippen molar-refractivity contribution in [2.45, 2.75) is 12.0 Å². The zero-order chi connectivity index (χ0) is 29.5. The molecule has 4 heterocycles. The lowest BCUT2D eigenvalue weighted by Crippen LogP contribution is -2.29. The van der Waals surface area contributed by atoms with Gasteiger partial charge < -0.3 is 9.47 Å². The fraction of sp³-hybridized carbons (Fsp3) is 0.0488. The molecule has 2 aliphatic rings. The molecule has 8 aromatic rings. The normalized spacial score (nSPS) is 17.1. The first kappa shape index (κ1) is 24.9. The first-order valence-corrected chi connectivity index (χ1v) is 16.3. The molecule has 1 aliphatic heterocycles. The number of fused-ring (bicyclic) bond motifs is 10. The Morgan fingerprint density at radius 1 is 0.600 bits per heavy atom. The maximum Gasteiger partial charge on any atom is 0.134 e. The molecule has 0 fully saturated rings. The van der Waals surface area contributed by atoms with Crippen LogP contribution in [-0.2, 0) is 0 Å². The number of pyridine rings is 1. The highest BCUT2D eigenvalue weighted by Gasteiger charge is 2.40. The molecule has 45 heavy (non-hydrogen) atoms. The van der Waals surface area contributed by atoms with Crippen LogP contribution in [0.4, 0.5) is 11.5 Å². The molecule has 0 spiro atoms. The lowest BCUT2D eigenvalue weighted by atomic mass is 9.91. The molecule has 0 radical (unpaired) electrons. The van der Waals surface area contributed by atoms with E-state index in [0.717, 1.165) is 17.2 Å². The van der Waals surface area contributed by atoms with Gasteiger partial charge in [0.25, 0.3) is 0 Å². The highest BCUT2D eigenvalue weighted by Crippen LogP contribution is 2.52. The third-order valence-electron chi connectivity index (χ3n) is 9.52. The number of allylic oxidation sites excluding steroid dienone is 2. The van der Waals surface area contributed by atoms with E-state index in [-0.39, 0.29) is 12.0 Å². The van der Waals surface area contributed by atoms with Gasteiger partial charge in [0.1, 0.15) is 5.82 Å². The summed E-state index contributed by atoms with van der Waals surface area (Å²) >= 11 is 1.85. The van der Waals surface area contributed by atoms with Gasteiger partial charge in [-0.1, -0.05) is 115 Å². The van der Waals surface area contributed by atoms with Crippen LogP contribution in [-0.4, -0.2) is 15.6 Å². The van der Waals surface area contributed by atoms with E-state index in [0.29, 0.717) is 0 Å². The second-order valence-corrected chi connectivity index (χ2v) is 13.0. The van der Waals surface area contributed by atoms with Crippen LogP contribution in [0.2, 0.25) is 0 Å². The topological polar surface area (TPSA) is 21.1 Å². The van der Waals surface area contributed by atoms with Crippen molar-refractivity contribution in [1.82, 2.24) is 9.55 Å². The monoisotopic (exact) mass is 593 g/mol. The number of hydrogen-bond acceptors (Lipinski definition) is 3. The van der Waals surface area contributed by atoms with Crippen LogP contribution >= 0.6 is 11.3 Å². The number of thiophene rings is 1. The van der Waals surface area contributed by atoms with Crippen LogP contribution in [0, 0.1) is 0 Å². The van der Waals surface area contributed by atoms with Gasteiger partial charge in [0.2, 0.25) is 0 Å². The fourth-order valence-electron chi connectivity index (χ4n) is 7.63. The zero-order valence-corrected chi connectivity index (χ0v) is 25.2. The second kappa shape index (κ2) is 9.52. The Bertz CT molecular complexity index is 2520. The molecular weight excluding hydrogens is 567 g/mol. The Morgan fingerprint density at radius 2 is 1.38 bits per heavy atom. The molecule has 3 nitrogen and oxygen atoms in total. The van der Waals surface area contributed by atoms with Crippen LogP contribution in [0.3, 0.4) is 0 Å². The number of hydrogen-bond donors (Lipinski definition) is 0. The molecule has 0 amide bonds. The predicted molar refractivity (Wildman–Crippen MR) is 190 cm³/mol. The fourth-order valence-corrected chi connectivity index (χ4v) is 8.85. The standard InChI is InChI=1S/C41H27N3S/c1-2-12-26(13-3-1)43-35-20-7-4-14-27(35)30-24-25-31-28-15-5-8-21-36(28)44(40(31)39(30)43)38-23-11-19-34(42-38)33-18-10-17-32-29-16-6-9-22-37(29)45-41(32)33/h1-25,28,36H. The molecular formula is C41H27N3S. The molecule has 10 rings (SSSR count). The largest absolute Gasteiger partial charge is 0.316 e. The highest BCUT2D eigenvalue weighted by molar-refractivity contribution is 7.26. The molecule has 1 aliphatic carbocycles. The van der Waals surface area contributed by atoms with E-state index in [1.807, 2.05) is 11.3 Å². The van der Waals surface area contributed by atoms with Crippen LogP contribution < -0.4 is 4.90 Å². The summed E-state index contributed by atoms with van der Waals surface area (Å²) in [5.74, 6) is 1.21. The Morgan fingerprint density at radius 3 is 2.31 bits per heavy atom. The molecule has 3 aromatic heterocycles. The molecule has 0 bridgehead atoms. The van der Waals surface area contributed by atoms with E-state index >= 15 is 0 Å². The van der Waals surface area contributed by atoms with Crippen molar-refractivity contribution in [3.05, 3.63) is 157 Å². The molecule has 212 valence electrons. The van der Waals surface area contributed by atoms with Crippen LogP contribution in [0.5, 0.6) is 0 Å². The Hall–Kier alpha value is -5.45. The van der Waals surface area contributed by atoms with Crippen molar-refractivity contribution in [2.75, 3.05) is 4.90 Å². The smallest absolute Gasteiger partial charge is 0.134 e. The van der Waals surface area contributed by atoms with Gasteiger partial charge in [-0.25, -0.2) is 4.98 Å². The summed E-state index contributed by atoms with van der Waals surface area (Å²) in [6.45, 7) is 0. The number of para-hydroxylation sites is 2. The highest BCUT2D eigenvalue weighted by atomic mass is 32.1. The number of aromatic nitrogens is 2. The van der Waals surface area contributed by atoms with Crippen molar-refractivity contribution in [2.24, 2.45) is 0 Å². The third-order valence-corrected chi connectivity index (χ3v) is 10.7. The summed E-state index contributed by atoms with van der Waals surface area (Å²) in [6.07, 6.45) is 9.07. The van der Waals surface area contributed by atoms with E-state index in [2.05, 4.69) is 161 Å². The Balaban J connectivity index is 1.25. The van der Waals surface area contributed by atoms with E-state index in [1.165, 1.54) is 58.8 Å². The van der Waals surface area contributed by atoms with Crippen molar-refractivity contribution >= 4 is 64.8 Å². The van der Waals surface area contributed by atoms with E-state index in [9.17, 15) is 0 Å². The van der Waals surface area contributed by atoms with Crippen LogP contribution in [0.1, 0.15) is 11.5 Å². The summed E-state index contributed by atoms with van der Waals surface area (Å²) in [5, 5.41) is 5.12. The zero-order valence-electron chi connectivity index (χ0n) is 24.3. The van der Waals surface area contributed by atoms with Crippen molar-refractivity contribution in [1.29, 1.82) is 0 Å². The minimum absolute atomic E-state index is 0.140. The maximum absolute atomic E-state index is 5.46. The van der Waals surface area contributed by atoms with Crippen molar-refractivity contribution < 1.29 is 0 Å². The third kappa shape index (κ3) is 3.54. The van der Waals surface area contributed by atoms with Crippen molar-refractivity contribution in [3.8, 4) is 16.9 Å². The average Bonchev–Trinajstić information content (AvgIpc) is 3.76. The lowest BCUT2D eigenvalue weighted by molar-refractivity contribution is 0.738. The predicted octanol–water partition coefficient (Wildman–Crippen LogP) is 10.9. The first-order valence-electron chi connectivity index (χ1n) is 15.5. The Kier molecular flexibility index (Phi) is 5.28. The first-order chi connectivity index (χ1) is 22.3. The summed E-state index contributed by atoms with van der Waals surface area (Å²) in [7, 11) is 0. The maximum atomic E-state index is 5.46. The lowest BCUT2D eigenvalue weighted by Gasteiger charge is -2.28. The van der Waals surface area contributed by atoms with Gasteiger partial charge in [0.15, 0.2) is 0 Å². The molecule has 2 unspecified atom stereocenters. The van der Waals surface area contributed by atoms with Gasteiger partial charge in [-0.05, 0) is 42.0 Å². The van der Waals surface area contributed by atoms with E-state index < -0.39 is 0 Å².